The lowest BCUT2D eigenvalue weighted by Gasteiger charge is -2.24. The quantitative estimate of drug-likeness (QED) is 0.776. The van der Waals surface area contributed by atoms with E-state index in [0.717, 1.165) is 19.4 Å². The molecule has 14 heavy (non-hydrogen) atoms. The van der Waals surface area contributed by atoms with E-state index < -0.39 is 0 Å². The van der Waals surface area contributed by atoms with Gasteiger partial charge in [-0.25, -0.2) is 0 Å². The van der Waals surface area contributed by atoms with Crippen molar-refractivity contribution in [2.75, 3.05) is 6.54 Å². The Hall–Kier alpha value is -0.0500. The van der Waals surface area contributed by atoms with Crippen LogP contribution in [0.1, 0.15) is 38.5 Å². The Morgan fingerprint density at radius 3 is 2.57 bits per heavy atom. The Bertz CT molecular complexity index is 215. The minimum absolute atomic E-state index is 0.300. The van der Waals surface area contributed by atoms with E-state index in [9.17, 15) is 4.79 Å². The van der Waals surface area contributed by atoms with Gasteiger partial charge in [-0.1, -0.05) is 22.4 Å². The maximum absolute atomic E-state index is 11.5. The number of hydrogen-bond acceptors (Lipinski definition) is 1. The van der Waals surface area contributed by atoms with Crippen LogP contribution in [0.15, 0.2) is 0 Å². The highest BCUT2D eigenvalue weighted by molar-refractivity contribution is 9.09. The molecule has 2 aliphatic rings. The third-order valence-electron chi connectivity index (χ3n) is 3.52. The first kappa shape index (κ1) is 10.5. The van der Waals surface area contributed by atoms with Gasteiger partial charge in [0.05, 0.1) is 0 Å². The lowest BCUT2D eigenvalue weighted by molar-refractivity contribution is -0.127. The lowest BCUT2D eigenvalue weighted by Crippen LogP contribution is -2.36. The molecule has 0 saturated heterocycles. The molecule has 0 aliphatic heterocycles. The van der Waals surface area contributed by atoms with Gasteiger partial charge < -0.3 is 5.32 Å². The maximum Gasteiger partial charge on any atom is 0.223 e. The maximum atomic E-state index is 11.5. The average molecular weight is 260 g/mol. The van der Waals surface area contributed by atoms with Crippen molar-refractivity contribution in [1.82, 2.24) is 5.32 Å². The molecule has 0 aromatic rings. The molecule has 3 heteroatoms. The van der Waals surface area contributed by atoms with Gasteiger partial charge in [0.25, 0.3) is 0 Å². The monoisotopic (exact) mass is 259 g/mol. The van der Waals surface area contributed by atoms with Crippen LogP contribution >= 0.6 is 15.9 Å². The van der Waals surface area contributed by atoms with E-state index in [4.69, 9.17) is 0 Å². The zero-order valence-corrected chi connectivity index (χ0v) is 10.1. The van der Waals surface area contributed by atoms with E-state index >= 15 is 0 Å². The second-order valence-electron chi connectivity index (χ2n) is 4.65. The molecule has 0 radical (unpaired) electrons. The van der Waals surface area contributed by atoms with E-state index in [1.807, 2.05) is 0 Å². The summed E-state index contributed by atoms with van der Waals surface area (Å²) in [7, 11) is 0. The summed E-state index contributed by atoms with van der Waals surface area (Å²) in [6.07, 6.45) is 7.22. The topological polar surface area (TPSA) is 29.1 Å². The predicted octanol–water partition coefficient (Wildman–Crippen LogP) is 2.47. The van der Waals surface area contributed by atoms with E-state index in [-0.39, 0.29) is 0 Å². The zero-order chi connectivity index (χ0) is 9.97. The molecule has 0 heterocycles. The van der Waals surface area contributed by atoms with Gasteiger partial charge in [0, 0.05) is 17.3 Å². The van der Waals surface area contributed by atoms with E-state index in [2.05, 4.69) is 21.2 Å². The number of carbonyl (C=O) groups excluding carboxylic acids is 1. The molecule has 0 aromatic heterocycles. The summed E-state index contributed by atoms with van der Waals surface area (Å²) < 4.78 is 0. The van der Waals surface area contributed by atoms with Gasteiger partial charge in [-0.2, -0.15) is 0 Å². The molecule has 2 atom stereocenters. The van der Waals surface area contributed by atoms with Gasteiger partial charge in [-0.15, -0.1) is 0 Å². The second-order valence-corrected chi connectivity index (χ2v) is 5.94. The molecular formula is C11H18BrNO. The molecule has 0 bridgehead atoms. The average Bonchev–Trinajstić information content (AvgIpc) is 2.45. The molecular weight excluding hydrogens is 242 g/mol. The highest BCUT2D eigenvalue weighted by atomic mass is 79.9. The van der Waals surface area contributed by atoms with Gasteiger partial charge in [-0.05, 0) is 38.0 Å². The minimum atomic E-state index is 0.300. The van der Waals surface area contributed by atoms with Crippen LogP contribution in [0.5, 0.6) is 0 Å². The first-order valence-corrected chi connectivity index (χ1v) is 6.59. The van der Waals surface area contributed by atoms with E-state index in [0.29, 0.717) is 22.6 Å². The largest absolute Gasteiger partial charge is 0.356 e. The number of rotatable bonds is 3. The van der Waals surface area contributed by atoms with Gasteiger partial charge in [0.15, 0.2) is 0 Å². The summed E-state index contributed by atoms with van der Waals surface area (Å²) >= 11 is 3.63. The molecule has 2 nitrogen and oxygen atoms in total. The van der Waals surface area contributed by atoms with Crippen molar-refractivity contribution in [2.24, 2.45) is 11.8 Å². The summed E-state index contributed by atoms with van der Waals surface area (Å²) in [5.41, 5.74) is 0. The Morgan fingerprint density at radius 1 is 1.29 bits per heavy atom. The summed E-state index contributed by atoms with van der Waals surface area (Å²) in [6, 6.07) is 0. The molecule has 80 valence electrons. The first-order valence-electron chi connectivity index (χ1n) is 5.67. The SMILES string of the molecule is O=C(NCC1CCC(Br)C1)C1CCC1. The smallest absolute Gasteiger partial charge is 0.223 e. The molecule has 2 rings (SSSR count). The second kappa shape index (κ2) is 4.65. The van der Waals surface area contributed by atoms with Gasteiger partial charge in [0.2, 0.25) is 5.91 Å². The van der Waals surface area contributed by atoms with Crippen LogP contribution in [0.25, 0.3) is 0 Å². The lowest BCUT2D eigenvalue weighted by atomic mass is 9.85. The number of nitrogens with one attached hydrogen (secondary N) is 1. The van der Waals surface area contributed by atoms with E-state index in [1.165, 1.54) is 25.7 Å². The zero-order valence-electron chi connectivity index (χ0n) is 8.47. The fourth-order valence-corrected chi connectivity index (χ4v) is 3.05. The van der Waals surface area contributed by atoms with Crippen molar-refractivity contribution in [1.29, 1.82) is 0 Å². The van der Waals surface area contributed by atoms with Crippen molar-refractivity contribution < 1.29 is 4.79 Å². The Kier molecular flexibility index (Phi) is 3.47. The van der Waals surface area contributed by atoms with Crippen LogP contribution in [0.4, 0.5) is 0 Å². The fourth-order valence-electron chi connectivity index (χ4n) is 2.26. The van der Waals surface area contributed by atoms with Gasteiger partial charge in [-0.3, -0.25) is 4.79 Å². The molecule has 2 fully saturated rings. The van der Waals surface area contributed by atoms with Crippen molar-refractivity contribution in [3.63, 3.8) is 0 Å². The van der Waals surface area contributed by atoms with Crippen LogP contribution in [0.3, 0.4) is 0 Å². The number of halogens is 1. The minimum Gasteiger partial charge on any atom is -0.356 e. The van der Waals surface area contributed by atoms with Crippen molar-refractivity contribution >= 4 is 21.8 Å². The number of amides is 1. The fraction of sp³-hybridized carbons (Fsp3) is 0.909. The molecule has 2 aliphatic carbocycles. The standard InChI is InChI=1S/C11H18BrNO/c12-10-5-4-8(6-10)7-13-11(14)9-2-1-3-9/h8-10H,1-7H2,(H,13,14). The Morgan fingerprint density at radius 2 is 2.07 bits per heavy atom. The molecule has 0 aromatic carbocycles. The number of alkyl halides is 1. The molecule has 1 amide bonds. The first-order chi connectivity index (χ1) is 6.75. The van der Waals surface area contributed by atoms with Crippen LogP contribution in [-0.4, -0.2) is 17.3 Å². The summed E-state index contributed by atoms with van der Waals surface area (Å²) in [5, 5.41) is 3.09. The molecule has 2 saturated carbocycles. The molecule has 0 spiro atoms. The third-order valence-corrected chi connectivity index (χ3v) is 4.35. The summed E-state index contributed by atoms with van der Waals surface area (Å²) in [6.45, 7) is 0.900. The van der Waals surface area contributed by atoms with Crippen molar-refractivity contribution in [2.45, 2.75) is 43.4 Å². The van der Waals surface area contributed by atoms with Gasteiger partial charge >= 0.3 is 0 Å². The summed E-state index contributed by atoms with van der Waals surface area (Å²) in [5.74, 6) is 1.36. The number of hydrogen-bond donors (Lipinski definition) is 1. The van der Waals surface area contributed by atoms with Crippen LogP contribution in [-0.2, 0) is 4.79 Å². The number of carbonyl (C=O) groups is 1. The predicted molar refractivity (Wildman–Crippen MR) is 60.4 cm³/mol. The van der Waals surface area contributed by atoms with Crippen molar-refractivity contribution in [3.8, 4) is 0 Å². The third kappa shape index (κ3) is 2.50. The highest BCUT2D eigenvalue weighted by Crippen LogP contribution is 2.30. The van der Waals surface area contributed by atoms with Crippen LogP contribution < -0.4 is 5.32 Å². The Balaban J connectivity index is 1.64. The van der Waals surface area contributed by atoms with Crippen LogP contribution in [0, 0.1) is 11.8 Å². The molecule has 1 N–H and O–H groups in total. The normalized spacial score (nSPS) is 32.6. The van der Waals surface area contributed by atoms with Gasteiger partial charge in [0.1, 0.15) is 0 Å². The summed E-state index contributed by atoms with van der Waals surface area (Å²) in [4.78, 5) is 12.2. The Labute approximate surface area is 94.0 Å². The highest BCUT2D eigenvalue weighted by Gasteiger charge is 2.27. The van der Waals surface area contributed by atoms with Crippen molar-refractivity contribution in [3.05, 3.63) is 0 Å². The molecule has 2 unspecified atom stereocenters. The van der Waals surface area contributed by atoms with Crippen LogP contribution in [0.2, 0.25) is 0 Å². The van der Waals surface area contributed by atoms with E-state index in [1.54, 1.807) is 0 Å².